The molecule has 1 aromatic heterocycles. The van der Waals surface area contributed by atoms with Crippen LogP contribution in [0.25, 0.3) is 0 Å². The highest BCUT2D eigenvalue weighted by molar-refractivity contribution is 5.99. The Hall–Kier alpha value is -3.95. The second kappa shape index (κ2) is 12.0. The van der Waals surface area contributed by atoms with Gasteiger partial charge in [-0.3, -0.25) is 19.7 Å². The van der Waals surface area contributed by atoms with E-state index in [0.29, 0.717) is 31.0 Å². The van der Waals surface area contributed by atoms with Gasteiger partial charge in [-0.15, -0.1) is 0 Å². The molecule has 1 aliphatic heterocycles. The maximum absolute atomic E-state index is 13.1. The molecule has 3 rings (SSSR count). The molecule has 0 saturated carbocycles. The number of carbonyl (C=O) groups is 4. The molecule has 0 spiro atoms. The van der Waals surface area contributed by atoms with E-state index in [1.54, 1.807) is 58.5 Å². The Morgan fingerprint density at radius 2 is 1.83 bits per heavy atom. The van der Waals surface area contributed by atoms with E-state index in [0.717, 1.165) is 5.56 Å². The minimum absolute atomic E-state index is 0.117. The minimum Gasteiger partial charge on any atom is -0.481 e. The van der Waals surface area contributed by atoms with Crippen molar-refractivity contribution >= 4 is 35.3 Å². The van der Waals surface area contributed by atoms with Gasteiger partial charge in [0.2, 0.25) is 11.8 Å². The summed E-state index contributed by atoms with van der Waals surface area (Å²) in [6.45, 7) is 4.81. The number of benzene rings is 1. The standard InChI is InChI=1S/C25H31N5O5/c1-17(2)15-20-24(34)29(12-10-23(32)33)13-14-30(20)22(31)16-18-6-8-19(9-7-18)27-25(35)28-21-5-3-4-11-26-21/h3-9,11,17,20H,10,12-16H2,1-2H3,(H,32,33)(H2,26,27,28,35). The predicted molar refractivity (Wildman–Crippen MR) is 131 cm³/mol. The summed E-state index contributed by atoms with van der Waals surface area (Å²) in [6, 6.07) is 11.1. The van der Waals surface area contributed by atoms with Crippen molar-refractivity contribution in [3.8, 4) is 0 Å². The summed E-state index contributed by atoms with van der Waals surface area (Å²) in [5, 5.41) is 14.3. The zero-order valence-corrected chi connectivity index (χ0v) is 19.9. The van der Waals surface area contributed by atoms with Crippen LogP contribution < -0.4 is 10.6 Å². The molecule has 10 nitrogen and oxygen atoms in total. The summed E-state index contributed by atoms with van der Waals surface area (Å²) in [6.07, 6.45) is 2.10. The second-order valence-electron chi connectivity index (χ2n) is 8.87. The van der Waals surface area contributed by atoms with E-state index >= 15 is 0 Å². The molecular weight excluding hydrogens is 450 g/mol. The number of rotatable bonds is 9. The number of carbonyl (C=O) groups excluding carboxylic acids is 3. The van der Waals surface area contributed by atoms with Crippen LogP contribution in [-0.2, 0) is 20.8 Å². The number of amides is 4. The molecule has 2 heterocycles. The first kappa shape index (κ1) is 25.7. The summed E-state index contributed by atoms with van der Waals surface area (Å²) in [5.74, 6) is -0.681. The molecular formula is C25H31N5O5. The van der Waals surface area contributed by atoms with Gasteiger partial charge in [0.15, 0.2) is 0 Å². The van der Waals surface area contributed by atoms with Gasteiger partial charge in [-0.25, -0.2) is 9.78 Å². The van der Waals surface area contributed by atoms with Crippen molar-refractivity contribution in [2.45, 2.75) is 39.2 Å². The molecule has 4 amide bonds. The van der Waals surface area contributed by atoms with E-state index in [9.17, 15) is 19.2 Å². The van der Waals surface area contributed by atoms with E-state index in [2.05, 4.69) is 15.6 Å². The molecule has 2 aromatic rings. The number of carboxylic acids is 1. The van der Waals surface area contributed by atoms with Crippen LogP contribution in [0.15, 0.2) is 48.7 Å². The SMILES string of the molecule is CC(C)CC1C(=O)N(CCC(=O)O)CCN1C(=O)Cc1ccc(NC(=O)Nc2ccccn2)cc1. The zero-order chi connectivity index (χ0) is 25.4. The molecule has 10 heteroatoms. The molecule has 1 atom stereocenters. The summed E-state index contributed by atoms with van der Waals surface area (Å²) >= 11 is 0. The van der Waals surface area contributed by atoms with Crippen LogP contribution in [0.4, 0.5) is 16.3 Å². The van der Waals surface area contributed by atoms with Crippen LogP contribution in [0, 0.1) is 5.92 Å². The summed E-state index contributed by atoms with van der Waals surface area (Å²) in [5.41, 5.74) is 1.32. The maximum atomic E-state index is 13.1. The Balaban J connectivity index is 1.59. The molecule has 35 heavy (non-hydrogen) atoms. The van der Waals surface area contributed by atoms with Crippen molar-refractivity contribution in [2.75, 3.05) is 30.3 Å². The van der Waals surface area contributed by atoms with Crippen molar-refractivity contribution in [3.63, 3.8) is 0 Å². The number of piperazine rings is 1. The van der Waals surface area contributed by atoms with E-state index in [1.165, 1.54) is 0 Å². The first-order valence-corrected chi connectivity index (χ1v) is 11.6. The largest absolute Gasteiger partial charge is 0.481 e. The topological polar surface area (TPSA) is 132 Å². The summed E-state index contributed by atoms with van der Waals surface area (Å²) < 4.78 is 0. The fourth-order valence-electron chi connectivity index (χ4n) is 3.96. The second-order valence-corrected chi connectivity index (χ2v) is 8.87. The van der Waals surface area contributed by atoms with Crippen LogP contribution >= 0.6 is 0 Å². The predicted octanol–water partition coefficient (Wildman–Crippen LogP) is 2.83. The van der Waals surface area contributed by atoms with Crippen LogP contribution in [0.2, 0.25) is 0 Å². The first-order chi connectivity index (χ1) is 16.7. The highest BCUT2D eigenvalue weighted by Gasteiger charge is 2.37. The first-order valence-electron chi connectivity index (χ1n) is 11.6. The number of pyridine rings is 1. The van der Waals surface area contributed by atoms with Crippen molar-refractivity contribution in [3.05, 3.63) is 54.2 Å². The lowest BCUT2D eigenvalue weighted by atomic mass is 9.98. The van der Waals surface area contributed by atoms with Crippen LogP contribution in [-0.4, -0.2) is 69.4 Å². The minimum atomic E-state index is -0.955. The van der Waals surface area contributed by atoms with E-state index in [4.69, 9.17) is 5.11 Å². The molecule has 3 N–H and O–H groups in total. The van der Waals surface area contributed by atoms with Crippen LogP contribution in [0.3, 0.4) is 0 Å². The fourth-order valence-corrected chi connectivity index (χ4v) is 3.96. The third kappa shape index (κ3) is 7.53. The highest BCUT2D eigenvalue weighted by atomic mass is 16.4. The monoisotopic (exact) mass is 481 g/mol. The lowest BCUT2D eigenvalue weighted by Crippen LogP contribution is -2.59. The van der Waals surface area contributed by atoms with Gasteiger partial charge in [-0.05, 0) is 42.2 Å². The number of aromatic nitrogens is 1. The number of anilines is 2. The van der Waals surface area contributed by atoms with Gasteiger partial charge < -0.3 is 20.2 Å². The lowest BCUT2D eigenvalue weighted by Gasteiger charge is -2.41. The number of nitrogens with zero attached hydrogens (tertiary/aromatic N) is 3. The fraction of sp³-hybridized carbons (Fsp3) is 0.400. The molecule has 1 unspecified atom stereocenters. The number of urea groups is 1. The Morgan fingerprint density at radius 3 is 2.46 bits per heavy atom. The number of carboxylic acid groups (broad SMARTS) is 1. The van der Waals surface area contributed by atoms with Crippen molar-refractivity contribution < 1.29 is 24.3 Å². The summed E-state index contributed by atoms with van der Waals surface area (Å²) in [7, 11) is 0. The van der Waals surface area contributed by atoms with Crippen LogP contribution in [0.1, 0.15) is 32.3 Å². The normalized spacial score (nSPS) is 15.7. The van der Waals surface area contributed by atoms with Gasteiger partial charge >= 0.3 is 12.0 Å². The zero-order valence-electron chi connectivity index (χ0n) is 19.9. The van der Waals surface area contributed by atoms with Gasteiger partial charge in [0.25, 0.3) is 0 Å². The van der Waals surface area contributed by atoms with Crippen molar-refractivity contribution in [1.29, 1.82) is 0 Å². The number of hydrogen-bond donors (Lipinski definition) is 3. The van der Waals surface area contributed by atoms with Crippen LogP contribution in [0.5, 0.6) is 0 Å². The van der Waals surface area contributed by atoms with E-state index in [-0.39, 0.29) is 37.1 Å². The maximum Gasteiger partial charge on any atom is 0.324 e. The Kier molecular flexibility index (Phi) is 8.77. The average Bonchev–Trinajstić information content (AvgIpc) is 2.81. The number of aliphatic carboxylic acids is 1. The Labute approximate surface area is 204 Å². The molecule has 0 bridgehead atoms. The Morgan fingerprint density at radius 1 is 1.09 bits per heavy atom. The third-order valence-electron chi connectivity index (χ3n) is 5.67. The third-order valence-corrected chi connectivity index (χ3v) is 5.67. The molecule has 1 saturated heterocycles. The summed E-state index contributed by atoms with van der Waals surface area (Å²) in [4.78, 5) is 56.4. The van der Waals surface area contributed by atoms with Gasteiger partial charge in [0, 0.05) is 31.5 Å². The van der Waals surface area contributed by atoms with Crippen molar-refractivity contribution in [2.24, 2.45) is 5.92 Å². The molecule has 1 aliphatic rings. The van der Waals surface area contributed by atoms with Gasteiger partial charge in [-0.1, -0.05) is 32.0 Å². The smallest absolute Gasteiger partial charge is 0.324 e. The van der Waals surface area contributed by atoms with Crippen molar-refractivity contribution in [1.82, 2.24) is 14.8 Å². The molecule has 186 valence electrons. The highest BCUT2D eigenvalue weighted by Crippen LogP contribution is 2.21. The quantitative estimate of drug-likeness (QED) is 0.505. The molecule has 1 aromatic carbocycles. The van der Waals surface area contributed by atoms with Gasteiger partial charge in [0.1, 0.15) is 11.9 Å². The molecule has 1 fully saturated rings. The van der Waals surface area contributed by atoms with E-state index in [1.807, 2.05) is 13.8 Å². The van der Waals surface area contributed by atoms with Gasteiger partial charge in [0.05, 0.1) is 12.8 Å². The Bertz CT molecular complexity index is 1040. The lowest BCUT2D eigenvalue weighted by molar-refractivity contribution is -0.152. The number of nitrogens with one attached hydrogen (secondary N) is 2. The molecule has 0 aliphatic carbocycles. The van der Waals surface area contributed by atoms with Gasteiger partial charge in [-0.2, -0.15) is 0 Å². The van der Waals surface area contributed by atoms with E-state index < -0.39 is 18.0 Å². The number of hydrogen-bond acceptors (Lipinski definition) is 5. The average molecular weight is 482 g/mol. The molecule has 0 radical (unpaired) electrons.